The van der Waals surface area contributed by atoms with Crippen molar-refractivity contribution >= 4 is 39.3 Å². The SMILES string of the molecule is C[C@@H](N)c1ccc(Sc2ccc(Cl)cc2)cc1Br. The van der Waals surface area contributed by atoms with Gasteiger partial charge in [-0.2, -0.15) is 0 Å². The van der Waals surface area contributed by atoms with Gasteiger partial charge in [0, 0.05) is 25.3 Å². The van der Waals surface area contributed by atoms with Gasteiger partial charge in [-0.05, 0) is 48.9 Å². The summed E-state index contributed by atoms with van der Waals surface area (Å²) in [6.07, 6.45) is 0. The molecule has 0 fully saturated rings. The Kier molecular flexibility index (Phi) is 4.73. The van der Waals surface area contributed by atoms with Crippen LogP contribution in [0.4, 0.5) is 0 Å². The van der Waals surface area contributed by atoms with E-state index in [1.54, 1.807) is 11.8 Å². The van der Waals surface area contributed by atoms with E-state index in [1.807, 2.05) is 31.2 Å². The zero-order valence-electron chi connectivity index (χ0n) is 9.86. The summed E-state index contributed by atoms with van der Waals surface area (Å²) in [5.74, 6) is 0. The first-order valence-electron chi connectivity index (χ1n) is 5.54. The quantitative estimate of drug-likeness (QED) is 0.822. The molecule has 0 radical (unpaired) electrons. The topological polar surface area (TPSA) is 26.0 Å². The van der Waals surface area contributed by atoms with Gasteiger partial charge in [0.15, 0.2) is 0 Å². The molecule has 0 aliphatic carbocycles. The Morgan fingerprint density at radius 3 is 2.28 bits per heavy atom. The fourth-order valence-corrected chi connectivity index (χ4v) is 3.45. The van der Waals surface area contributed by atoms with E-state index in [4.69, 9.17) is 17.3 Å². The second-order valence-corrected chi connectivity index (χ2v) is 6.47. The van der Waals surface area contributed by atoms with Crippen molar-refractivity contribution < 1.29 is 0 Å². The molecule has 1 atom stereocenters. The third kappa shape index (κ3) is 3.51. The molecule has 0 aliphatic heterocycles. The van der Waals surface area contributed by atoms with Crippen LogP contribution in [-0.4, -0.2) is 0 Å². The van der Waals surface area contributed by atoms with E-state index in [-0.39, 0.29) is 6.04 Å². The number of halogens is 2. The molecule has 2 aromatic rings. The highest BCUT2D eigenvalue weighted by Crippen LogP contribution is 2.32. The van der Waals surface area contributed by atoms with Crippen molar-refractivity contribution in [2.75, 3.05) is 0 Å². The van der Waals surface area contributed by atoms with Gasteiger partial charge >= 0.3 is 0 Å². The summed E-state index contributed by atoms with van der Waals surface area (Å²) >= 11 is 11.1. The number of nitrogens with two attached hydrogens (primary N) is 1. The molecule has 2 N–H and O–H groups in total. The summed E-state index contributed by atoms with van der Waals surface area (Å²) in [6.45, 7) is 1.98. The molecule has 0 amide bonds. The summed E-state index contributed by atoms with van der Waals surface area (Å²) in [7, 11) is 0. The molecule has 2 aromatic carbocycles. The lowest BCUT2D eigenvalue weighted by Gasteiger charge is -2.10. The molecule has 0 spiro atoms. The van der Waals surface area contributed by atoms with Crippen LogP contribution >= 0.6 is 39.3 Å². The van der Waals surface area contributed by atoms with Gasteiger partial charge in [-0.25, -0.2) is 0 Å². The summed E-state index contributed by atoms with van der Waals surface area (Å²) in [5.41, 5.74) is 7.00. The highest BCUT2D eigenvalue weighted by atomic mass is 79.9. The summed E-state index contributed by atoms with van der Waals surface area (Å²) in [5, 5.41) is 0.757. The van der Waals surface area contributed by atoms with Crippen molar-refractivity contribution in [1.29, 1.82) is 0 Å². The van der Waals surface area contributed by atoms with E-state index >= 15 is 0 Å². The predicted octanol–water partition coefficient (Wildman–Crippen LogP) is 5.27. The van der Waals surface area contributed by atoms with Crippen molar-refractivity contribution in [1.82, 2.24) is 0 Å². The number of benzene rings is 2. The fraction of sp³-hybridized carbons (Fsp3) is 0.143. The molecule has 0 saturated carbocycles. The van der Waals surface area contributed by atoms with Crippen LogP contribution in [0.5, 0.6) is 0 Å². The van der Waals surface area contributed by atoms with Crippen molar-refractivity contribution in [2.24, 2.45) is 5.73 Å². The molecule has 0 unspecified atom stereocenters. The van der Waals surface area contributed by atoms with Crippen LogP contribution in [0.1, 0.15) is 18.5 Å². The first-order chi connectivity index (χ1) is 8.56. The van der Waals surface area contributed by atoms with Gasteiger partial charge in [0.2, 0.25) is 0 Å². The van der Waals surface area contributed by atoms with Crippen molar-refractivity contribution in [2.45, 2.75) is 22.8 Å². The van der Waals surface area contributed by atoms with Crippen LogP contribution in [0.3, 0.4) is 0 Å². The Hall–Kier alpha value is -0.480. The standard InChI is InChI=1S/C14H13BrClNS/c1-9(17)13-7-6-12(8-14(13)15)18-11-4-2-10(16)3-5-11/h2-9H,17H2,1H3/t9-/m1/s1. The Morgan fingerprint density at radius 1 is 1.11 bits per heavy atom. The number of rotatable bonds is 3. The highest BCUT2D eigenvalue weighted by molar-refractivity contribution is 9.10. The first kappa shape index (κ1) is 13.9. The van der Waals surface area contributed by atoms with Gasteiger partial charge < -0.3 is 5.73 Å². The second-order valence-electron chi connectivity index (χ2n) is 4.03. The van der Waals surface area contributed by atoms with Crippen LogP contribution in [0.2, 0.25) is 5.02 Å². The molecule has 4 heteroatoms. The smallest absolute Gasteiger partial charge is 0.0406 e. The van der Waals surface area contributed by atoms with E-state index in [0.717, 1.165) is 15.1 Å². The van der Waals surface area contributed by atoms with E-state index in [2.05, 4.69) is 34.1 Å². The first-order valence-corrected chi connectivity index (χ1v) is 7.53. The third-order valence-electron chi connectivity index (χ3n) is 2.51. The van der Waals surface area contributed by atoms with Crippen LogP contribution in [0.15, 0.2) is 56.7 Å². The van der Waals surface area contributed by atoms with Crippen molar-refractivity contribution in [3.05, 3.63) is 57.5 Å². The van der Waals surface area contributed by atoms with Gasteiger partial charge in [-0.1, -0.05) is 45.4 Å². The zero-order chi connectivity index (χ0) is 13.1. The molecular weight excluding hydrogens is 330 g/mol. The molecule has 0 aliphatic rings. The van der Waals surface area contributed by atoms with Gasteiger partial charge in [0.05, 0.1) is 0 Å². The minimum absolute atomic E-state index is 0.0361. The average molecular weight is 343 g/mol. The Morgan fingerprint density at radius 2 is 1.72 bits per heavy atom. The molecule has 0 aromatic heterocycles. The molecule has 0 heterocycles. The normalized spacial score (nSPS) is 12.4. The maximum atomic E-state index is 5.88. The molecule has 0 saturated heterocycles. The maximum Gasteiger partial charge on any atom is 0.0406 e. The molecule has 2 rings (SSSR count). The predicted molar refractivity (Wildman–Crippen MR) is 82.3 cm³/mol. The van der Waals surface area contributed by atoms with Crippen LogP contribution in [0, 0.1) is 0 Å². The lowest BCUT2D eigenvalue weighted by molar-refractivity contribution is 0.811. The highest BCUT2D eigenvalue weighted by Gasteiger charge is 2.06. The van der Waals surface area contributed by atoms with Gasteiger partial charge in [-0.15, -0.1) is 0 Å². The van der Waals surface area contributed by atoms with Crippen molar-refractivity contribution in [3.8, 4) is 0 Å². The molecule has 94 valence electrons. The molecule has 1 nitrogen and oxygen atoms in total. The van der Waals surface area contributed by atoms with Gasteiger partial charge in [-0.3, -0.25) is 0 Å². The van der Waals surface area contributed by atoms with Crippen LogP contribution in [0.25, 0.3) is 0 Å². The second kappa shape index (κ2) is 6.11. The van der Waals surface area contributed by atoms with Gasteiger partial charge in [0.1, 0.15) is 0 Å². The number of hydrogen-bond donors (Lipinski definition) is 1. The maximum absolute atomic E-state index is 5.88. The zero-order valence-corrected chi connectivity index (χ0v) is 13.0. The monoisotopic (exact) mass is 341 g/mol. The lowest BCUT2D eigenvalue weighted by Crippen LogP contribution is -2.05. The van der Waals surface area contributed by atoms with Gasteiger partial charge in [0.25, 0.3) is 0 Å². The molecule has 18 heavy (non-hydrogen) atoms. The van der Waals surface area contributed by atoms with Crippen molar-refractivity contribution in [3.63, 3.8) is 0 Å². The van der Waals surface area contributed by atoms with E-state index < -0.39 is 0 Å². The Balaban J connectivity index is 2.20. The number of hydrogen-bond acceptors (Lipinski definition) is 2. The minimum Gasteiger partial charge on any atom is -0.324 e. The van der Waals surface area contributed by atoms with Crippen LogP contribution in [-0.2, 0) is 0 Å². The Bertz CT molecular complexity index is 540. The fourth-order valence-electron chi connectivity index (χ4n) is 1.58. The Labute approximate surface area is 125 Å². The molecule has 0 bridgehead atoms. The largest absolute Gasteiger partial charge is 0.324 e. The summed E-state index contributed by atoms with van der Waals surface area (Å²) in [4.78, 5) is 2.34. The summed E-state index contributed by atoms with van der Waals surface area (Å²) < 4.78 is 1.05. The summed E-state index contributed by atoms with van der Waals surface area (Å²) in [6, 6.07) is 14.1. The van der Waals surface area contributed by atoms with E-state index in [9.17, 15) is 0 Å². The average Bonchev–Trinajstić information content (AvgIpc) is 2.32. The van der Waals surface area contributed by atoms with Crippen LogP contribution < -0.4 is 5.73 Å². The minimum atomic E-state index is 0.0361. The van der Waals surface area contributed by atoms with E-state index in [1.165, 1.54) is 9.79 Å². The third-order valence-corrected chi connectivity index (χ3v) is 4.45. The lowest BCUT2D eigenvalue weighted by atomic mass is 10.1. The van der Waals surface area contributed by atoms with E-state index in [0.29, 0.717) is 0 Å². The molecular formula is C14H13BrClNS.